The lowest BCUT2D eigenvalue weighted by atomic mass is 9.84. The Morgan fingerprint density at radius 1 is 0.649 bits per heavy atom. The molecule has 1 fully saturated rings. The maximum absolute atomic E-state index is 12.6. The van der Waals surface area contributed by atoms with Gasteiger partial charge in [-0.2, -0.15) is 0 Å². The molecule has 3 heteroatoms. The van der Waals surface area contributed by atoms with Crippen LogP contribution in [0.15, 0.2) is 30.3 Å². The van der Waals surface area contributed by atoms with Crippen LogP contribution >= 0.6 is 0 Å². The lowest BCUT2D eigenvalue weighted by Gasteiger charge is -2.37. The topological polar surface area (TPSA) is 38.3 Å². The van der Waals surface area contributed by atoms with E-state index in [9.17, 15) is 4.79 Å². The molecule has 0 aliphatic carbocycles. The Bertz CT molecular complexity index is 653. The monoisotopic (exact) mass is 513 g/mol. The first kappa shape index (κ1) is 31.9. The Morgan fingerprint density at radius 3 is 1.49 bits per heavy atom. The SMILES string of the molecule is CCCCCCCCCCCCCCCCCCCCCCC(=O)OC1(c2ccccc2)CCNCC1. The molecule has 0 radical (unpaired) electrons. The van der Waals surface area contributed by atoms with E-state index >= 15 is 0 Å². The van der Waals surface area contributed by atoms with Crippen molar-refractivity contribution < 1.29 is 9.53 Å². The molecular formula is C34H59NO2. The third kappa shape index (κ3) is 15.0. The summed E-state index contributed by atoms with van der Waals surface area (Å²) in [5, 5.41) is 3.40. The van der Waals surface area contributed by atoms with Crippen molar-refractivity contribution >= 4 is 5.97 Å². The summed E-state index contributed by atoms with van der Waals surface area (Å²) in [5.74, 6) is -0.0202. The summed E-state index contributed by atoms with van der Waals surface area (Å²) >= 11 is 0. The molecular weight excluding hydrogens is 454 g/mol. The lowest BCUT2D eigenvalue weighted by Crippen LogP contribution is -2.43. The van der Waals surface area contributed by atoms with Crippen molar-refractivity contribution in [1.82, 2.24) is 5.32 Å². The molecule has 0 aromatic heterocycles. The summed E-state index contributed by atoms with van der Waals surface area (Å²) in [5.41, 5.74) is 0.713. The summed E-state index contributed by atoms with van der Waals surface area (Å²) in [6.07, 6.45) is 29.8. The molecule has 1 aliphatic rings. The van der Waals surface area contributed by atoms with E-state index in [1.807, 2.05) is 18.2 Å². The predicted molar refractivity (Wildman–Crippen MR) is 159 cm³/mol. The van der Waals surface area contributed by atoms with Gasteiger partial charge in [-0.25, -0.2) is 0 Å². The van der Waals surface area contributed by atoms with Gasteiger partial charge in [0.05, 0.1) is 0 Å². The molecule has 37 heavy (non-hydrogen) atoms. The molecule has 0 atom stereocenters. The average molecular weight is 514 g/mol. The number of unbranched alkanes of at least 4 members (excludes halogenated alkanes) is 19. The van der Waals surface area contributed by atoms with Crippen LogP contribution in [0.5, 0.6) is 0 Å². The van der Waals surface area contributed by atoms with E-state index in [-0.39, 0.29) is 5.97 Å². The zero-order chi connectivity index (χ0) is 26.3. The molecule has 1 aliphatic heterocycles. The molecule has 2 rings (SSSR count). The van der Waals surface area contributed by atoms with Crippen molar-refractivity contribution in [3.05, 3.63) is 35.9 Å². The largest absolute Gasteiger partial charge is 0.454 e. The zero-order valence-electron chi connectivity index (χ0n) is 24.4. The fourth-order valence-electron chi connectivity index (χ4n) is 5.82. The fourth-order valence-corrected chi connectivity index (χ4v) is 5.82. The molecule has 212 valence electrons. The number of rotatable bonds is 23. The number of hydrogen-bond acceptors (Lipinski definition) is 3. The standard InChI is InChI=1S/C34H59NO2/c1-2-3-4-5-6-7-8-9-10-11-12-13-14-15-16-17-18-19-20-24-27-33(36)37-34(28-30-35-31-29-34)32-25-22-21-23-26-32/h21-23,25-26,35H,2-20,24,27-31H2,1H3. The second kappa shape index (κ2) is 21.6. The van der Waals surface area contributed by atoms with E-state index in [0.717, 1.165) is 44.3 Å². The van der Waals surface area contributed by atoms with Gasteiger partial charge in [0.2, 0.25) is 0 Å². The average Bonchev–Trinajstić information content (AvgIpc) is 2.93. The summed E-state index contributed by atoms with van der Waals surface area (Å²) in [4.78, 5) is 12.6. The van der Waals surface area contributed by atoms with Crippen molar-refractivity contribution in [2.24, 2.45) is 0 Å². The number of esters is 1. The van der Waals surface area contributed by atoms with E-state index in [1.54, 1.807) is 0 Å². The van der Waals surface area contributed by atoms with Gasteiger partial charge in [-0.3, -0.25) is 4.79 Å². The first-order valence-electron chi connectivity index (χ1n) is 16.2. The van der Waals surface area contributed by atoms with Crippen LogP contribution in [0.25, 0.3) is 0 Å². The highest BCUT2D eigenvalue weighted by Crippen LogP contribution is 2.35. The van der Waals surface area contributed by atoms with Gasteiger partial charge in [-0.1, -0.05) is 159 Å². The number of carbonyl (C=O) groups is 1. The molecule has 0 saturated carbocycles. The predicted octanol–water partition coefficient (Wildman–Crippen LogP) is 10.0. The van der Waals surface area contributed by atoms with Crippen LogP contribution in [-0.4, -0.2) is 19.1 Å². The van der Waals surface area contributed by atoms with Gasteiger partial charge in [0.1, 0.15) is 5.60 Å². The number of hydrogen-bond donors (Lipinski definition) is 1. The Balaban J connectivity index is 1.36. The van der Waals surface area contributed by atoms with Crippen LogP contribution in [0.4, 0.5) is 0 Å². The third-order valence-electron chi connectivity index (χ3n) is 8.25. The van der Waals surface area contributed by atoms with Crippen LogP contribution in [0.3, 0.4) is 0 Å². The smallest absolute Gasteiger partial charge is 0.306 e. The Hall–Kier alpha value is -1.35. The Kier molecular flexibility index (Phi) is 18.6. The molecule has 1 heterocycles. The highest BCUT2D eigenvalue weighted by molar-refractivity contribution is 5.70. The molecule has 1 N–H and O–H groups in total. The zero-order valence-corrected chi connectivity index (χ0v) is 24.4. The molecule has 1 saturated heterocycles. The maximum atomic E-state index is 12.6. The first-order chi connectivity index (χ1) is 18.3. The van der Waals surface area contributed by atoms with Crippen LogP contribution in [0.2, 0.25) is 0 Å². The molecule has 0 amide bonds. The van der Waals surface area contributed by atoms with Gasteiger partial charge in [0.15, 0.2) is 0 Å². The molecule has 0 spiro atoms. The third-order valence-corrected chi connectivity index (χ3v) is 8.25. The quantitative estimate of drug-likeness (QED) is 0.117. The van der Waals surface area contributed by atoms with Crippen molar-refractivity contribution in [3.8, 4) is 0 Å². The van der Waals surface area contributed by atoms with E-state index in [0.29, 0.717) is 6.42 Å². The van der Waals surface area contributed by atoms with Gasteiger partial charge < -0.3 is 10.1 Å². The van der Waals surface area contributed by atoms with E-state index in [4.69, 9.17) is 4.74 Å². The van der Waals surface area contributed by atoms with E-state index < -0.39 is 5.60 Å². The molecule has 3 nitrogen and oxygen atoms in total. The highest BCUT2D eigenvalue weighted by Gasteiger charge is 2.37. The van der Waals surface area contributed by atoms with Gasteiger partial charge in [-0.15, -0.1) is 0 Å². The molecule has 1 aromatic carbocycles. The number of nitrogens with one attached hydrogen (secondary N) is 1. The second-order valence-corrected chi connectivity index (χ2v) is 11.6. The summed E-state index contributed by atoms with van der Waals surface area (Å²) in [6, 6.07) is 10.3. The molecule has 1 aromatic rings. The summed E-state index contributed by atoms with van der Waals surface area (Å²) in [7, 11) is 0. The van der Waals surface area contributed by atoms with E-state index in [2.05, 4.69) is 24.4 Å². The van der Waals surface area contributed by atoms with Crippen LogP contribution < -0.4 is 5.32 Å². The molecule has 0 bridgehead atoms. The minimum absolute atomic E-state index is 0.0202. The summed E-state index contributed by atoms with van der Waals surface area (Å²) in [6.45, 7) is 4.10. The van der Waals surface area contributed by atoms with E-state index in [1.165, 1.54) is 116 Å². The van der Waals surface area contributed by atoms with Crippen molar-refractivity contribution in [3.63, 3.8) is 0 Å². The fraction of sp³-hybridized carbons (Fsp3) is 0.794. The normalized spacial score (nSPS) is 15.1. The minimum Gasteiger partial charge on any atom is -0.454 e. The van der Waals surface area contributed by atoms with Crippen LogP contribution in [-0.2, 0) is 15.1 Å². The van der Waals surface area contributed by atoms with Gasteiger partial charge in [0.25, 0.3) is 0 Å². The maximum Gasteiger partial charge on any atom is 0.306 e. The second-order valence-electron chi connectivity index (χ2n) is 11.6. The van der Waals surface area contributed by atoms with Crippen LogP contribution in [0, 0.1) is 0 Å². The number of carbonyl (C=O) groups excluding carboxylic acids is 1. The summed E-state index contributed by atoms with van der Waals surface area (Å²) < 4.78 is 6.13. The van der Waals surface area contributed by atoms with Crippen molar-refractivity contribution in [2.45, 2.75) is 160 Å². The van der Waals surface area contributed by atoms with Gasteiger partial charge in [0, 0.05) is 19.3 Å². The first-order valence-corrected chi connectivity index (χ1v) is 16.2. The minimum atomic E-state index is -0.433. The van der Waals surface area contributed by atoms with Crippen molar-refractivity contribution in [1.29, 1.82) is 0 Å². The Morgan fingerprint density at radius 2 is 1.05 bits per heavy atom. The number of piperidine rings is 1. The van der Waals surface area contributed by atoms with Crippen molar-refractivity contribution in [2.75, 3.05) is 13.1 Å². The lowest BCUT2D eigenvalue weighted by molar-refractivity contribution is -0.164. The Labute approximate surface area is 229 Å². The van der Waals surface area contributed by atoms with Gasteiger partial charge >= 0.3 is 5.97 Å². The van der Waals surface area contributed by atoms with Crippen LogP contribution in [0.1, 0.15) is 160 Å². The van der Waals surface area contributed by atoms with Gasteiger partial charge in [-0.05, 0) is 25.1 Å². The number of benzene rings is 1. The molecule has 0 unspecified atom stereocenters. The number of ether oxygens (including phenoxy) is 1. The highest BCUT2D eigenvalue weighted by atomic mass is 16.6.